The van der Waals surface area contributed by atoms with Crippen molar-refractivity contribution in [1.82, 2.24) is 5.32 Å². The fourth-order valence-electron chi connectivity index (χ4n) is 2.96. The van der Waals surface area contributed by atoms with Gasteiger partial charge in [0.05, 0.1) is 0 Å². The Morgan fingerprint density at radius 2 is 2.12 bits per heavy atom. The number of rotatable bonds is 7. The summed E-state index contributed by atoms with van der Waals surface area (Å²) in [4.78, 5) is 0. The van der Waals surface area contributed by atoms with Gasteiger partial charge in [-0.15, -0.1) is 0 Å². The van der Waals surface area contributed by atoms with Crippen molar-refractivity contribution in [2.45, 2.75) is 57.9 Å². The Morgan fingerprint density at radius 1 is 1.29 bits per heavy atom. The normalized spacial score (nSPS) is 19.5. The monoisotopic (exact) mass is 231 g/mol. The molecular formula is C16H25N. The highest BCUT2D eigenvalue weighted by molar-refractivity contribution is 5.39. The highest BCUT2D eigenvalue weighted by Crippen LogP contribution is 2.38. The lowest BCUT2D eigenvalue weighted by Gasteiger charge is -2.33. The van der Waals surface area contributed by atoms with Gasteiger partial charge in [-0.05, 0) is 42.9 Å². The Kier molecular flexibility index (Phi) is 4.61. The lowest BCUT2D eigenvalue weighted by Crippen LogP contribution is -2.33. The summed E-state index contributed by atoms with van der Waals surface area (Å²) < 4.78 is 0. The standard InChI is InChI=1S/C16H25N/c1-3-5-9-15(17-4-2)12-14-11-13-8-6-7-10-16(13)14/h6-8,10,14-15,17H,3-5,9,11-12H2,1-2H3. The lowest BCUT2D eigenvalue weighted by atomic mass is 9.74. The summed E-state index contributed by atoms with van der Waals surface area (Å²) in [6, 6.07) is 9.65. The van der Waals surface area contributed by atoms with Gasteiger partial charge in [-0.3, -0.25) is 0 Å². The topological polar surface area (TPSA) is 12.0 Å². The van der Waals surface area contributed by atoms with Gasteiger partial charge in [0, 0.05) is 6.04 Å². The summed E-state index contributed by atoms with van der Waals surface area (Å²) in [7, 11) is 0. The summed E-state index contributed by atoms with van der Waals surface area (Å²) in [6.45, 7) is 5.60. The van der Waals surface area contributed by atoms with E-state index in [0.29, 0.717) is 0 Å². The lowest BCUT2D eigenvalue weighted by molar-refractivity contribution is 0.396. The smallest absolute Gasteiger partial charge is 0.00728 e. The first-order chi connectivity index (χ1) is 8.35. The molecule has 0 amide bonds. The first-order valence-electron chi connectivity index (χ1n) is 7.16. The molecule has 0 aliphatic heterocycles. The molecule has 0 bridgehead atoms. The van der Waals surface area contributed by atoms with Crippen molar-refractivity contribution in [2.24, 2.45) is 0 Å². The van der Waals surface area contributed by atoms with Crippen LogP contribution >= 0.6 is 0 Å². The fourth-order valence-corrected chi connectivity index (χ4v) is 2.96. The van der Waals surface area contributed by atoms with Crippen LogP contribution in [0.15, 0.2) is 24.3 Å². The molecule has 2 rings (SSSR count). The molecule has 1 aliphatic carbocycles. The molecule has 2 atom stereocenters. The minimum atomic E-state index is 0.721. The van der Waals surface area contributed by atoms with Crippen LogP contribution in [0.2, 0.25) is 0 Å². The number of nitrogens with one attached hydrogen (secondary N) is 1. The van der Waals surface area contributed by atoms with E-state index in [9.17, 15) is 0 Å². The zero-order chi connectivity index (χ0) is 12.1. The summed E-state index contributed by atoms with van der Waals surface area (Å²) in [6.07, 6.45) is 6.62. The van der Waals surface area contributed by atoms with Crippen molar-refractivity contribution in [3.05, 3.63) is 35.4 Å². The Labute approximate surface area is 106 Å². The maximum absolute atomic E-state index is 3.65. The largest absolute Gasteiger partial charge is 0.314 e. The van der Waals surface area contributed by atoms with Crippen LogP contribution in [-0.4, -0.2) is 12.6 Å². The second-order valence-electron chi connectivity index (χ2n) is 5.23. The van der Waals surface area contributed by atoms with Gasteiger partial charge in [0.15, 0.2) is 0 Å². The van der Waals surface area contributed by atoms with Gasteiger partial charge in [0.2, 0.25) is 0 Å². The first kappa shape index (κ1) is 12.6. The molecule has 1 aromatic rings. The van der Waals surface area contributed by atoms with Crippen molar-refractivity contribution in [2.75, 3.05) is 6.54 Å². The Hall–Kier alpha value is -0.820. The van der Waals surface area contributed by atoms with E-state index in [2.05, 4.69) is 43.4 Å². The minimum absolute atomic E-state index is 0.721. The number of hydrogen-bond acceptors (Lipinski definition) is 1. The molecule has 0 heterocycles. The highest BCUT2D eigenvalue weighted by atomic mass is 14.9. The molecule has 0 saturated carbocycles. The van der Waals surface area contributed by atoms with Crippen molar-refractivity contribution >= 4 is 0 Å². The summed E-state index contributed by atoms with van der Waals surface area (Å²) >= 11 is 0. The molecule has 1 aromatic carbocycles. The second kappa shape index (κ2) is 6.20. The molecule has 1 nitrogen and oxygen atoms in total. The molecule has 1 aliphatic rings. The van der Waals surface area contributed by atoms with Gasteiger partial charge in [0.1, 0.15) is 0 Å². The van der Waals surface area contributed by atoms with Crippen LogP contribution in [0, 0.1) is 0 Å². The van der Waals surface area contributed by atoms with Gasteiger partial charge < -0.3 is 5.32 Å². The Morgan fingerprint density at radius 3 is 2.82 bits per heavy atom. The van der Waals surface area contributed by atoms with Crippen LogP contribution in [0.25, 0.3) is 0 Å². The third-order valence-electron chi connectivity index (χ3n) is 3.93. The Bertz CT molecular complexity index is 345. The third-order valence-corrected chi connectivity index (χ3v) is 3.93. The van der Waals surface area contributed by atoms with Crippen molar-refractivity contribution in [3.8, 4) is 0 Å². The van der Waals surface area contributed by atoms with Gasteiger partial charge in [-0.1, -0.05) is 51.0 Å². The average molecular weight is 231 g/mol. The fraction of sp³-hybridized carbons (Fsp3) is 0.625. The van der Waals surface area contributed by atoms with E-state index in [0.717, 1.165) is 18.5 Å². The number of hydrogen-bond donors (Lipinski definition) is 1. The van der Waals surface area contributed by atoms with Crippen molar-refractivity contribution in [3.63, 3.8) is 0 Å². The molecule has 1 heteroatoms. The first-order valence-corrected chi connectivity index (χ1v) is 7.16. The molecule has 17 heavy (non-hydrogen) atoms. The van der Waals surface area contributed by atoms with E-state index >= 15 is 0 Å². The van der Waals surface area contributed by atoms with Gasteiger partial charge in [0.25, 0.3) is 0 Å². The molecule has 0 saturated heterocycles. The molecule has 0 aromatic heterocycles. The molecule has 0 fully saturated rings. The van der Waals surface area contributed by atoms with Crippen LogP contribution in [0.5, 0.6) is 0 Å². The minimum Gasteiger partial charge on any atom is -0.314 e. The van der Waals surface area contributed by atoms with E-state index in [4.69, 9.17) is 0 Å². The van der Waals surface area contributed by atoms with Crippen LogP contribution in [0.4, 0.5) is 0 Å². The maximum Gasteiger partial charge on any atom is 0.00728 e. The molecule has 0 radical (unpaired) electrons. The third kappa shape index (κ3) is 3.10. The predicted molar refractivity (Wildman–Crippen MR) is 74.5 cm³/mol. The van der Waals surface area contributed by atoms with E-state index in [1.807, 2.05) is 0 Å². The number of fused-ring (bicyclic) bond motifs is 1. The van der Waals surface area contributed by atoms with E-state index < -0.39 is 0 Å². The van der Waals surface area contributed by atoms with E-state index in [1.165, 1.54) is 32.1 Å². The van der Waals surface area contributed by atoms with Crippen LogP contribution in [0.1, 0.15) is 56.6 Å². The summed E-state index contributed by atoms with van der Waals surface area (Å²) in [5.41, 5.74) is 3.18. The molecule has 94 valence electrons. The predicted octanol–water partition coefficient (Wildman–Crippen LogP) is 3.88. The second-order valence-corrected chi connectivity index (χ2v) is 5.23. The zero-order valence-electron chi connectivity index (χ0n) is 11.2. The van der Waals surface area contributed by atoms with Crippen LogP contribution < -0.4 is 5.32 Å². The van der Waals surface area contributed by atoms with Crippen molar-refractivity contribution < 1.29 is 0 Å². The maximum atomic E-state index is 3.65. The average Bonchev–Trinajstić information content (AvgIpc) is 2.33. The number of benzene rings is 1. The SMILES string of the molecule is CCCCC(CC1Cc2ccccc21)NCC. The Balaban J connectivity index is 1.87. The van der Waals surface area contributed by atoms with Gasteiger partial charge >= 0.3 is 0 Å². The molecule has 0 spiro atoms. The van der Waals surface area contributed by atoms with E-state index in [-0.39, 0.29) is 0 Å². The quantitative estimate of drug-likeness (QED) is 0.751. The highest BCUT2D eigenvalue weighted by Gasteiger charge is 2.27. The van der Waals surface area contributed by atoms with E-state index in [1.54, 1.807) is 11.1 Å². The number of unbranched alkanes of at least 4 members (excludes halogenated alkanes) is 1. The summed E-state index contributed by atoms with van der Waals surface area (Å²) in [5.74, 6) is 0.812. The zero-order valence-corrected chi connectivity index (χ0v) is 11.2. The molecule has 1 N–H and O–H groups in total. The molecular weight excluding hydrogens is 206 g/mol. The molecule has 2 unspecified atom stereocenters. The van der Waals surface area contributed by atoms with Crippen LogP contribution in [-0.2, 0) is 6.42 Å². The van der Waals surface area contributed by atoms with Gasteiger partial charge in [-0.25, -0.2) is 0 Å². The van der Waals surface area contributed by atoms with Crippen LogP contribution in [0.3, 0.4) is 0 Å². The summed E-state index contributed by atoms with van der Waals surface area (Å²) in [5, 5.41) is 3.65. The van der Waals surface area contributed by atoms with Crippen molar-refractivity contribution in [1.29, 1.82) is 0 Å². The van der Waals surface area contributed by atoms with Gasteiger partial charge in [-0.2, -0.15) is 0 Å².